The molecule has 0 aliphatic heterocycles. The lowest BCUT2D eigenvalue weighted by Crippen LogP contribution is -2.38. The normalized spacial score (nSPS) is 11.7. The Morgan fingerprint density at radius 2 is 1.74 bits per heavy atom. The summed E-state index contributed by atoms with van der Waals surface area (Å²) in [6.45, 7) is 7.20. The number of ether oxygens (including phenoxy) is 1. The Bertz CT molecular complexity index is 257. The van der Waals surface area contributed by atoms with Gasteiger partial charge in [-0.1, -0.05) is 40.0 Å². The van der Waals surface area contributed by atoms with Crippen LogP contribution >= 0.6 is 0 Å². The highest BCUT2D eigenvalue weighted by Gasteiger charge is 2.11. The van der Waals surface area contributed by atoms with Crippen LogP contribution in [0.3, 0.4) is 0 Å². The lowest BCUT2D eigenvalue weighted by Gasteiger charge is -2.10. The van der Waals surface area contributed by atoms with Crippen LogP contribution in [0.4, 0.5) is 4.79 Å². The molecule has 0 heterocycles. The molecule has 0 rings (SSSR count). The molecule has 0 bridgehead atoms. The van der Waals surface area contributed by atoms with Gasteiger partial charge in [-0.25, -0.2) is 4.79 Å². The number of amides is 2. The molecule has 0 aromatic heterocycles. The number of carbonyl (C=O) groups excluding carboxylic acids is 2. The molecule has 0 aromatic carbocycles. The van der Waals surface area contributed by atoms with E-state index in [0.29, 0.717) is 13.1 Å². The predicted octanol–water partition coefficient (Wildman–Crippen LogP) is 2.46. The summed E-state index contributed by atoms with van der Waals surface area (Å²) >= 11 is 0. The van der Waals surface area contributed by atoms with Crippen LogP contribution in [-0.4, -0.2) is 31.7 Å². The van der Waals surface area contributed by atoms with E-state index in [1.165, 1.54) is 12.8 Å². The quantitative estimate of drug-likeness (QED) is 0.474. The van der Waals surface area contributed by atoms with Crippen molar-refractivity contribution in [3.63, 3.8) is 0 Å². The largest absolute Gasteiger partial charge is 0.464 e. The van der Waals surface area contributed by atoms with Gasteiger partial charge >= 0.3 is 12.0 Å². The molecule has 1 unspecified atom stereocenters. The second kappa shape index (κ2) is 11.8. The maximum Gasteiger partial charge on any atom is 0.314 e. The molecule has 1 atom stereocenters. The minimum Gasteiger partial charge on any atom is -0.464 e. The topological polar surface area (TPSA) is 67.4 Å². The lowest BCUT2D eigenvalue weighted by molar-refractivity contribution is -0.147. The minimum atomic E-state index is -0.204. The van der Waals surface area contributed by atoms with Gasteiger partial charge in [-0.2, -0.15) is 0 Å². The average Bonchev–Trinajstić information content (AvgIpc) is 2.42. The van der Waals surface area contributed by atoms with E-state index in [1.54, 1.807) is 0 Å². The van der Waals surface area contributed by atoms with Gasteiger partial charge in [0.25, 0.3) is 0 Å². The van der Waals surface area contributed by atoms with Crippen LogP contribution in [0.5, 0.6) is 0 Å². The van der Waals surface area contributed by atoms with Gasteiger partial charge < -0.3 is 15.4 Å². The number of hydrogen-bond donors (Lipinski definition) is 2. The Morgan fingerprint density at radius 3 is 2.37 bits per heavy atom. The third-order valence-electron chi connectivity index (χ3n) is 2.96. The first-order chi connectivity index (χ1) is 9.11. The first kappa shape index (κ1) is 17.7. The minimum absolute atomic E-state index is 0.0765. The third kappa shape index (κ3) is 10.4. The van der Waals surface area contributed by atoms with Gasteiger partial charge in [0, 0.05) is 6.54 Å². The van der Waals surface area contributed by atoms with E-state index < -0.39 is 0 Å². The highest BCUT2D eigenvalue weighted by molar-refractivity contribution is 5.74. The van der Waals surface area contributed by atoms with Crippen molar-refractivity contribution >= 4 is 12.0 Å². The summed E-state index contributed by atoms with van der Waals surface area (Å²) in [6.07, 6.45) is 5.31. The fraction of sp³-hybridized carbons (Fsp3) is 0.857. The van der Waals surface area contributed by atoms with Crippen molar-refractivity contribution in [2.75, 3.05) is 19.7 Å². The molecule has 2 amide bonds. The van der Waals surface area contributed by atoms with Crippen molar-refractivity contribution in [2.24, 2.45) is 5.92 Å². The van der Waals surface area contributed by atoms with Crippen LogP contribution in [0.1, 0.15) is 52.9 Å². The Kier molecular flexibility index (Phi) is 11.0. The molecule has 19 heavy (non-hydrogen) atoms. The molecule has 5 heteroatoms. The molecular formula is C14H28N2O3. The summed E-state index contributed by atoms with van der Waals surface area (Å²) in [5.74, 6) is -0.281. The predicted molar refractivity (Wildman–Crippen MR) is 76.0 cm³/mol. The number of nitrogens with one attached hydrogen (secondary N) is 2. The molecule has 0 radical (unpaired) electrons. The molecule has 0 aromatic rings. The molecule has 2 N–H and O–H groups in total. The summed E-state index contributed by atoms with van der Waals surface area (Å²) in [6, 6.07) is -0.198. The zero-order valence-corrected chi connectivity index (χ0v) is 12.5. The molecule has 0 aliphatic carbocycles. The van der Waals surface area contributed by atoms with Crippen molar-refractivity contribution in [3.8, 4) is 0 Å². The van der Waals surface area contributed by atoms with Gasteiger partial charge in [0.1, 0.15) is 6.61 Å². The van der Waals surface area contributed by atoms with Gasteiger partial charge in [-0.05, 0) is 12.8 Å². The molecule has 0 aliphatic rings. The highest BCUT2D eigenvalue weighted by atomic mass is 16.5. The molecule has 0 saturated carbocycles. The second-order valence-corrected chi connectivity index (χ2v) is 4.72. The van der Waals surface area contributed by atoms with E-state index in [4.69, 9.17) is 4.74 Å². The van der Waals surface area contributed by atoms with Crippen LogP contribution in [0.2, 0.25) is 0 Å². The SMILES string of the molecule is CCCCCCNC(=O)NCCOC(=O)C(C)CC. The van der Waals surface area contributed by atoms with Gasteiger partial charge in [0.05, 0.1) is 12.5 Å². The number of unbranched alkanes of at least 4 members (excludes halogenated alkanes) is 3. The second-order valence-electron chi connectivity index (χ2n) is 4.72. The maximum atomic E-state index is 11.3. The summed E-state index contributed by atoms with van der Waals surface area (Å²) in [5.41, 5.74) is 0. The first-order valence-corrected chi connectivity index (χ1v) is 7.30. The van der Waals surface area contributed by atoms with Crippen molar-refractivity contribution in [1.29, 1.82) is 0 Å². The van der Waals surface area contributed by atoms with Crippen LogP contribution in [-0.2, 0) is 9.53 Å². The molecule has 0 saturated heterocycles. The van der Waals surface area contributed by atoms with Gasteiger partial charge in [0.15, 0.2) is 0 Å². The number of rotatable bonds is 10. The van der Waals surface area contributed by atoms with Gasteiger partial charge in [-0.3, -0.25) is 4.79 Å². The monoisotopic (exact) mass is 272 g/mol. The Labute approximate surface area is 116 Å². The molecule has 5 nitrogen and oxygen atoms in total. The van der Waals surface area contributed by atoms with E-state index in [-0.39, 0.29) is 24.5 Å². The average molecular weight is 272 g/mol. The van der Waals surface area contributed by atoms with E-state index in [9.17, 15) is 9.59 Å². The van der Waals surface area contributed by atoms with Gasteiger partial charge in [-0.15, -0.1) is 0 Å². The summed E-state index contributed by atoms with van der Waals surface area (Å²) < 4.78 is 5.02. The van der Waals surface area contributed by atoms with Crippen molar-refractivity contribution < 1.29 is 14.3 Å². The number of carbonyl (C=O) groups is 2. The number of esters is 1. The van der Waals surface area contributed by atoms with Crippen LogP contribution in [0.15, 0.2) is 0 Å². The zero-order valence-electron chi connectivity index (χ0n) is 12.5. The highest BCUT2D eigenvalue weighted by Crippen LogP contribution is 2.02. The van der Waals surface area contributed by atoms with Crippen molar-refractivity contribution in [1.82, 2.24) is 10.6 Å². The Hall–Kier alpha value is -1.26. The number of hydrogen-bond acceptors (Lipinski definition) is 3. The summed E-state index contributed by atoms with van der Waals surface area (Å²) in [7, 11) is 0. The number of urea groups is 1. The van der Waals surface area contributed by atoms with Crippen molar-refractivity contribution in [3.05, 3.63) is 0 Å². The van der Waals surface area contributed by atoms with E-state index in [1.807, 2.05) is 13.8 Å². The summed E-state index contributed by atoms with van der Waals surface area (Å²) in [5, 5.41) is 5.43. The Balaban J connectivity index is 3.41. The standard InChI is InChI=1S/C14H28N2O3/c1-4-6-7-8-9-15-14(18)16-10-11-19-13(17)12(3)5-2/h12H,4-11H2,1-3H3,(H2,15,16,18). The maximum absolute atomic E-state index is 11.3. The molecule has 112 valence electrons. The van der Waals surface area contributed by atoms with Gasteiger partial charge in [0.2, 0.25) is 0 Å². The van der Waals surface area contributed by atoms with Crippen LogP contribution in [0, 0.1) is 5.92 Å². The third-order valence-corrected chi connectivity index (χ3v) is 2.96. The van der Waals surface area contributed by atoms with Crippen molar-refractivity contribution in [2.45, 2.75) is 52.9 Å². The van der Waals surface area contributed by atoms with Crippen LogP contribution < -0.4 is 10.6 Å². The lowest BCUT2D eigenvalue weighted by atomic mass is 10.1. The first-order valence-electron chi connectivity index (χ1n) is 7.30. The Morgan fingerprint density at radius 1 is 1.05 bits per heavy atom. The fourth-order valence-corrected chi connectivity index (χ4v) is 1.44. The van der Waals surface area contributed by atoms with Crippen LogP contribution in [0.25, 0.3) is 0 Å². The fourth-order valence-electron chi connectivity index (χ4n) is 1.44. The van der Waals surface area contributed by atoms with E-state index >= 15 is 0 Å². The van der Waals surface area contributed by atoms with E-state index in [0.717, 1.165) is 19.3 Å². The molecule has 0 spiro atoms. The molecule has 0 fully saturated rings. The molecular weight excluding hydrogens is 244 g/mol. The summed E-state index contributed by atoms with van der Waals surface area (Å²) in [4.78, 5) is 22.7. The smallest absolute Gasteiger partial charge is 0.314 e. The van der Waals surface area contributed by atoms with E-state index in [2.05, 4.69) is 17.6 Å². The zero-order chi connectivity index (χ0) is 14.5.